The first kappa shape index (κ1) is 21.1. The van der Waals surface area contributed by atoms with Gasteiger partial charge in [-0.15, -0.1) is 0 Å². The number of halogens is 1. The Kier molecular flexibility index (Phi) is 8.42. The zero-order valence-electron chi connectivity index (χ0n) is 15.5. The Morgan fingerprint density at radius 3 is 2.89 bits per heavy atom. The fourth-order valence-electron chi connectivity index (χ4n) is 2.58. The molecule has 0 unspecified atom stereocenters. The van der Waals surface area contributed by atoms with Gasteiger partial charge in [-0.2, -0.15) is 0 Å². The van der Waals surface area contributed by atoms with Crippen LogP contribution in [-0.2, 0) is 19.1 Å². The highest BCUT2D eigenvalue weighted by Crippen LogP contribution is 2.36. The van der Waals surface area contributed by atoms with E-state index >= 15 is 0 Å². The van der Waals surface area contributed by atoms with Crippen molar-refractivity contribution in [1.82, 2.24) is 5.32 Å². The summed E-state index contributed by atoms with van der Waals surface area (Å²) < 4.78 is 21.0. The molecule has 0 aromatic heterocycles. The highest BCUT2D eigenvalue weighted by molar-refractivity contribution is 6.32. The Labute approximate surface area is 163 Å². The second-order valence-corrected chi connectivity index (χ2v) is 6.25. The SMILES string of the molecule is CCOc1cc(/C=C/C(=O)OCC(=O)NC[C@@H]2CCCO2)cc(Cl)c1OC. The van der Waals surface area contributed by atoms with Crippen LogP contribution in [0.4, 0.5) is 0 Å². The van der Waals surface area contributed by atoms with Crippen LogP contribution >= 0.6 is 11.6 Å². The van der Waals surface area contributed by atoms with E-state index in [1.165, 1.54) is 19.3 Å². The van der Waals surface area contributed by atoms with Crippen LogP contribution in [0.15, 0.2) is 18.2 Å². The number of carbonyl (C=O) groups is 2. The van der Waals surface area contributed by atoms with Gasteiger partial charge in [0.1, 0.15) is 0 Å². The van der Waals surface area contributed by atoms with Crippen molar-refractivity contribution in [3.05, 3.63) is 28.8 Å². The minimum absolute atomic E-state index is 0.0453. The molecule has 27 heavy (non-hydrogen) atoms. The lowest BCUT2D eigenvalue weighted by Gasteiger charge is -2.11. The fourth-order valence-corrected chi connectivity index (χ4v) is 2.87. The molecule has 1 heterocycles. The first-order valence-corrected chi connectivity index (χ1v) is 9.14. The van der Waals surface area contributed by atoms with Crippen LogP contribution in [0.2, 0.25) is 5.02 Å². The molecule has 0 bridgehead atoms. The van der Waals surface area contributed by atoms with Crippen molar-refractivity contribution in [2.24, 2.45) is 0 Å². The smallest absolute Gasteiger partial charge is 0.331 e. The molecule has 0 saturated carbocycles. The van der Waals surface area contributed by atoms with Gasteiger partial charge in [-0.3, -0.25) is 4.79 Å². The molecule has 0 radical (unpaired) electrons. The maximum Gasteiger partial charge on any atom is 0.331 e. The van der Waals surface area contributed by atoms with E-state index in [-0.39, 0.29) is 18.6 Å². The summed E-state index contributed by atoms with van der Waals surface area (Å²) in [6.45, 7) is 3.10. The maximum absolute atomic E-state index is 11.8. The van der Waals surface area contributed by atoms with Crippen LogP contribution in [0.5, 0.6) is 11.5 Å². The van der Waals surface area contributed by atoms with Crippen molar-refractivity contribution in [1.29, 1.82) is 0 Å². The third kappa shape index (κ3) is 6.77. The lowest BCUT2D eigenvalue weighted by Crippen LogP contribution is -2.34. The molecule has 1 atom stereocenters. The van der Waals surface area contributed by atoms with Crippen LogP contribution in [0.25, 0.3) is 6.08 Å². The van der Waals surface area contributed by atoms with E-state index < -0.39 is 5.97 Å². The topological polar surface area (TPSA) is 83.1 Å². The van der Waals surface area contributed by atoms with E-state index in [9.17, 15) is 9.59 Å². The van der Waals surface area contributed by atoms with Crippen molar-refractivity contribution in [2.45, 2.75) is 25.9 Å². The van der Waals surface area contributed by atoms with Crippen molar-refractivity contribution in [2.75, 3.05) is 33.5 Å². The van der Waals surface area contributed by atoms with Gasteiger partial charge in [-0.25, -0.2) is 4.79 Å². The number of hydrogen-bond acceptors (Lipinski definition) is 6. The van der Waals surface area contributed by atoms with Crippen LogP contribution < -0.4 is 14.8 Å². The molecule has 7 nitrogen and oxygen atoms in total. The highest BCUT2D eigenvalue weighted by atomic mass is 35.5. The number of amides is 1. The number of nitrogens with one attached hydrogen (secondary N) is 1. The second-order valence-electron chi connectivity index (χ2n) is 5.85. The van der Waals surface area contributed by atoms with Crippen molar-refractivity contribution in [3.8, 4) is 11.5 Å². The largest absolute Gasteiger partial charge is 0.491 e. The fraction of sp³-hybridized carbons (Fsp3) is 0.474. The predicted molar refractivity (Wildman–Crippen MR) is 101 cm³/mol. The second kappa shape index (κ2) is 10.8. The predicted octanol–water partition coefficient (Wildman–Crippen LogP) is 2.60. The van der Waals surface area contributed by atoms with Crippen molar-refractivity contribution >= 4 is 29.6 Å². The molecule has 1 aromatic rings. The standard InChI is InChI=1S/C19H24ClNO6/c1-3-25-16-10-13(9-15(20)19(16)24-2)6-7-18(23)27-12-17(22)21-11-14-5-4-8-26-14/h6-7,9-10,14H,3-5,8,11-12H2,1-2H3,(H,21,22)/b7-6+/t14-/m0/s1. The van der Waals surface area contributed by atoms with Gasteiger partial charge in [0, 0.05) is 19.2 Å². The van der Waals surface area contributed by atoms with Crippen LogP contribution in [0.3, 0.4) is 0 Å². The Balaban J connectivity index is 1.83. The first-order valence-electron chi connectivity index (χ1n) is 8.77. The van der Waals surface area contributed by atoms with Crippen molar-refractivity contribution in [3.63, 3.8) is 0 Å². The quantitative estimate of drug-likeness (QED) is 0.509. The highest BCUT2D eigenvalue weighted by Gasteiger charge is 2.16. The number of carbonyl (C=O) groups excluding carboxylic acids is 2. The molecule has 1 N–H and O–H groups in total. The summed E-state index contributed by atoms with van der Waals surface area (Å²) in [4.78, 5) is 23.5. The molecular weight excluding hydrogens is 374 g/mol. The number of benzene rings is 1. The van der Waals surface area contributed by atoms with Gasteiger partial charge in [-0.1, -0.05) is 11.6 Å². The molecule has 1 aromatic carbocycles. The zero-order valence-corrected chi connectivity index (χ0v) is 16.2. The summed E-state index contributed by atoms with van der Waals surface area (Å²) in [6.07, 6.45) is 4.73. The number of esters is 1. The van der Waals surface area contributed by atoms with Crippen LogP contribution in [-0.4, -0.2) is 51.5 Å². The van der Waals surface area contributed by atoms with E-state index in [1.807, 2.05) is 6.92 Å². The minimum Gasteiger partial charge on any atom is -0.491 e. The van der Waals surface area contributed by atoms with Gasteiger partial charge in [0.15, 0.2) is 18.1 Å². The van der Waals surface area contributed by atoms with E-state index in [2.05, 4.69) is 5.32 Å². The van der Waals surface area contributed by atoms with Gasteiger partial charge in [-0.05, 0) is 43.5 Å². The average Bonchev–Trinajstić information content (AvgIpc) is 3.17. The molecule has 0 spiro atoms. The molecule has 8 heteroatoms. The average molecular weight is 398 g/mol. The van der Waals surface area contributed by atoms with Crippen molar-refractivity contribution < 1.29 is 28.5 Å². The van der Waals surface area contributed by atoms with E-state index in [1.54, 1.807) is 12.1 Å². The van der Waals surface area contributed by atoms with E-state index in [0.29, 0.717) is 35.2 Å². The monoisotopic (exact) mass is 397 g/mol. The molecule has 2 rings (SSSR count). The Hall–Kier alpha value is -2.25. The third-order valence-electron chi connectivity index (χ3n) is 3.84. The number of ether oxygens (including phenoxy) is 4. The summed E-state index contributed by atoms with van der Waals surface area (Å²) in [5.41, 5.74) is 0.643. The molecule has 1 fully saturated rings. The van der Waals surface area contributed by atoms with E-state index in [4.69, 9.17) is 30.5 Å². The number of hydrogen-bond donors (Lipinski definition) is 1. The summed E-state index contributed by atoms with van der Waals surface area (Å²) in [6, 6.07) is 3.34. The molecular formula is C19H24ClNO6. The summed E-state index contributed by atoms with van der Waals surface area (Å²) >= 11 is 6.16. The molecule has 1 amide bonds. The lowest BCUT2D eigenvalue weighted by atomic mass is 10.2. The van der Waals surface area contributed by atoms with Crippen LogP contribution in [0.1, 0.15) is 25.3 Å². The molecule has 1 aliphatic rings. The van der Waals surface area contributed by atoms with Crippen LogP contribution in [0, 0.1) is 0 Å². The molecule has 1 saturated heterocycles. The molecule has 148 valence electrons. The van der Waals surface area contributed by atoms with Gasteiger partial charge >= 0.3 is 5.97 Å². The Morgan fingerprint density at radius 2 is 2.22 bits per heavy atom. The normalized spacial score (nSPS) is 16.3. The third-order valence-corrected chi connectivity index (χ3v) is 4.12. The summed E-state index contributed by atoms with van der Waals surface area (Å²) in [7, 11) is 1.50. The van der Waals surface area contributed by atoms with Gasteiger partial charge in [0.2, 0.25) is 0 Å². The molecule has 0 aliphatic carbocycles. The Morgan fingerprint density at radius 1 is 1.41 bits per heavy atom. The Bertz CT molecular complexity index is 685. The molecule has 1 aliphatic heterocycles. The summed E-state index contributed by atoms with van der Waals surface area (Å²) in [5, 5.41) is 3.05. The van der Waals surface area contributed by atoms with Gasteiger partial charge < -0.3 is 24.3 Å². The number of methoxy groups -OCH3 is 1. The van der Waals surface area contributed by atoms with Gasteiger partial charge in [0.05, 0.1) is 24.8 Å². The first-order chi connectivity index (χ1) is 13.0. The summed E-state index contributed by atoms with van der Waals surface area (Å²) in [5.74, 6) is -0.0827. The van der Waals surface area contributed by atoms with Gasteiger partial charge in [0.25, 0.3) is 5.91 Å². The zero-order chi connectivity index (χ0) is 19.6. The van der Waals surface area contributed by atoms with E-state index in [0.717, 1.165) is 19.4 Å². The minimum atomic E-state index is -0.632. The maximum atomic E-state index is 11.8. The number of rotatable bonds is 9. The lowest BCUT2D eigenvalue weighted by molar-refractivity contribution is -0.143.